The summed E-state index contributed by atoms with van der Waals surface area (Å²) >= 11 is 0. The number of rotatable bonds is 3. The van der Waals surface area contributed by atoms with Crippen LogP contribution >= 0.6 is 0 Å². The van der Waals surface area contributed by atoms with Crippen LogP contribution in [0.2, 0.25) is 0 Å². The molecule has 1 aliphatic carbocycles. The summed E-state index contributed by atoms with van der Waals surface area (Å²) in [5, 5.41) is 8.72. The molecule has 3 heterocycles. The fourth-order valence-electron chi connectivity index (χ4n) is 7.82. The van der Waals surface area contributed by atoms with Crippen molar-refractivity contribution in [3.05, 3.63) is 157 Å². The highest BCUT2D eigenvalue weighted by atomic mass is 15.3. The van der Waals surface area contributed by atoms with E-state index in [2.05, 4.69) is 152 Å². The van der Waals surface area contributed by atoms with Gasteiger partial charge in [0, 0.05) is 38.4 Å². The normalized spacial score (nSPS) is 13.5. The molecule has 0 atom stereocenters. The van der Waals surface area contributed by atoms with E-state index in [0.29, 0.717) is 0 Å². The molecule has 0 radical (unpaired) electrons. The van der Waals surface area contributed by atoms with Crippen LogP contribution in [0.1, 0.15) is 25.0 Å². The second-order valence-electron chi connectivity index (χ2n) is 13.1. The van der Waals surface area contributed by atoms with Crippen molar-refractivity contribution in [1.82, 2.24) is 19.2 Å². The fourth-order valence-corrected chi connectivity index (χ4v) is 7.82. The molecule has 0 saturated heterocycles. The molecule has 47 heavy (non-hydrogen) atoms. The Kier molecular flexibility index (Phi) is 5.31. The summed E-state index contributed by atoms with van der Waals surface area (Å²) in [5.41, 5.74) is 14.0. The molecule has 1 aliphatic rings. The fraction of sp³-hybridized carbons (Fsp3) is 0.0698. The molecule has 9 aromatic rings. The molecule has 0 saturated carbocycles. The predicted molar refractivity (Wildman–Crippen MR) is 193 cm³/mol. The van der Waals surface area contributed by atoms with Gasteiger partial charge in [-0.25, -0.2) is 9.50 Å². The number of hydrogen-bond acceptors (Lipinski definition) is 2. The molecule has 3 aromatic heterocycles. The summed E-state index contributed by atoms with van der Waals surface area (Å²) in [6.45, 7) is 4.70. The first-order chi connectivity index (χ1) is 23.1. The minimum atomic E-state index is -0.0456. The summed E-state index contributed by atoms with van der Waals surface area (Å²) in [4.78, 5) is 5.14. The zero-order valence-electron chi connectivity index (χ0n) is 26.1. The van der Waals surface area contributed by atoms with Crippen molar-refractivity contribution < 1.29 is 0 Å². The molecule has 0 aliphatic heterocycles. The number of fused-ring (bicyclic) bond motifs is 9. The average molecular weight is 603 g/mol. The smallest absolute Gasteiger partial charge is 0.161 e. The Morgan fingerprint density at radius 1 is 0.511 bits per heavy atom. The number of nitrogens with zero attached hydrogens (tertiary/aromatic N) is 4. The van der Waals surface area contributed by atoms with E-state index in [9.17, 15) is 0 Å². The lowest BCUT2D eigenvalue weighted by Gasteiger charge is -2.21. The SMILES string of the molecule is CC1(C)c2ccccc2-c2cc3c(cc21)c1ccccc1n3-c1ccc(-c2nc3ccccc3c3cc(-c4ccccc4)nn23)cc1. The second-order valence-corrected chi connectivity index (χ2v) is 13.1. The summed E-state index contributed by atoms with van der Waals surface area (Å²) in [7, 11) is 0. The van der Waals surface area contributed by atoms with E-state index in [1.54, 1.807) is 0 Å². The minimum Gasteiger partial charge on any atom is -0.309 e. The lowest BCUT2D eigenvalue weighted by atomic mass is 9.82. The molecule has 222 valence electrons. The number of benzene rings is 6. The van der Waals surface area contributed by atoms with Gasteiger partial charge in [0.05, 0.1) is 27.8 Å². The third kappa shape index (κ3) is 3.70. The standard InChI is InChI=1S/C43H30N4/c1-43(2)35-17-9-6-14-30(35)33-25-40-34(24-36(33)43)31-15-8-11-19-39(31)46(40)29-22-20-28(21-23-29)42-44-37-18-10-7-16-32(37)41-26-38(45-47(41)42)27-12-4-3-5-13-27/h3-26H,1-2H3. The van der Waals surface area contributed by atoms with Crippen molar-refractivity contribution >= 4 is 38.2 Å². The van der Waals surface area contributed by atoms with Crippen LogP contribution in [0.3, 0.4) is 0 Å². The van der Waals surface area contributed by atoms with E-state index < -0.39 is 0 Å². The van der Waals surface area contributed by atoms with Crippen molar-refractivity contribution in [3.63, 3.8) is 0 Å². The molecule has 10 rings (SSSR count). The molecular weight excluding hydrogens is 573 g/mol. The highest BCUT2D eigenvalue weighted by Gasteiger charge is 2.36. The lowest BCUT2D eigenvalue weighted by molar-refractivity contribution is 0.661. The van der Waals surface area contributed by atoms with Crippen molar-refractivity contribution in [1.29, 1.82) is 0 Å². The molecule has 0 N–H and O–H groups in total. The van der Waals surface area contributed by atoms with Crippen LogP contribution in [0.15, 0.2) is 146 Å². The second kappa shape index (κ2) is 9.51. The third-order valence-corrected chi connectivity index (χ3v) is 10.1. The van der Waals surface area contributed by atoms with Gasteiger partial charge in [-0.05, 0) is 76.9 Å². The summed E-state index contributed by atoms with van der Waals surface area (Å²) in [6, 6.07) is 52.1. The number of hydrogen-bond donors (Lipinski definition) is 0. The van der Waals surface area contributed by atoms with Gasteiger partial charge in [0.1, 0.15) is 0 Å². The van der Waals surface area contributed by atoms with E-state index in [1.165, 1.54) is 44.1 Å². The van der Waals surface area contributed by atoms with Gasteiger partial charge in [-0.1, -0.05) is 105 Å². The van der Waals surface area contributed by atoms with Crippen LogP contribution in [0, 0.1) is 0 Å². The molecule has 0 bridgehead atoms. The Bertz CT molecular complexity index is 2690. The summed E-state index contributed by atoms with van der Waals surface area (Å²) in [5.74, 6) is 0.825. The Morgan fingerprint density at radius 3 is 2.09 bits per heavy atom. The first-order valence-corrected chi connectivity index (χ1v) is 16.2. The van der Waals surface area contributed by atoms with Crippen LogP contribution in [-0.2, 0) is 5.41 Å². The Morgan fingerprint density at radius 2 is 1.23 bits per heavy atom. The largest absolute Gasteiger partial charge is 0.309 e. The third-order valence-electron chi connectivity index (χ3n) is 10.1. The van der Waals surface area contributed by atoms with E-state index in [0.717, 1.165) is 44.8 Å². The van der Waals surface area contributed by atoms with Crippen molar-refractivity contribution in [2.75, 3.05) is 0 Å². The molecule has 0 fully saturated rings. The molecule has 4 nitrogen and oxygen atoms in total. The van der Waals surface area contributed by atoms with E-state index >= 15 is 0 Å². The van der Waals surface area contributed by atoms with Crippen LogP contribution < -0.4 is 0 Å². The van der Waals surface area contributed by atoms with E-state index in [1.807, 2.05) is 16.6 Å². The molecule has 0 unspecified atom stereocenters. The van der Waals surface area contributed by atoms with Crippen LogP contribution in [0.5, 0.6) is 0 Å². The zero-order chi connectivity index (χ0) is 31.3. The number of para-hydroxylation sites is 2. The van der Waals surface area contributed by atoms with Crippen molar-refractivity contribution in [2.24, 2.45) is 0 Å². The van der Waals surface area contributed by atoms with Crippen LogP contribution in [-0.4, -0.2) is 19.2 Å². The number of aromatic nitrogens is 4. The molecular formula is C43H30N4. The Labute approximate surface area is 272 Å². The first kappa shape index (κ1) is 26.2. The average Bonchev–Trinajstić information content (AvgIpc) is 3.77. The van der Waals surface area contributed by atoms with Gasteiger partial charge in [0.25, 0.3) is 0 Å². The Hall–Kier alpha value is -6.00. The lowest BCUT2D eigenvalue weighted by Crippen LogP contribution is -2.14. The van der Waals surface area contributed by atoms with Gasteiger partial charge in [-0.15, -0.1) is 0 Å². The van der Waals surface area contributed by atoms with Gasteiger partial charge >= 0.3 is 0 Å². The highest BCUT2D eigenvalue weighted by molar-refractivity contribution is 6.11. The molecule has 6 aromatic carbocycles. The quantitative estimate of drug-likeness (QED) is 0.202. The van der Waals surface area contributed by atoms with Gasteiger partial charge < -0.3 is 4.57 Å². The van der Waals surface area contributed by atoms with Crippen molar-refractivity contribution in [3.8, 4) is 39.5 Å². The minimum absolute atomic E-state index is 0.0456. The van der Waals surface area contributed by atoms with Crippen LogP contribution in [0.4, 0.5) is 0 Å². The van der Waals surface area contributed by atoms with Gasteiger partial charge in [0.2, 0.25) is 0 Å². The van der Waals surface area contributed by atoms with Gasteiger partial charge in [-0.3, -0.25) is 0 Å². The monoisotopic (exact) mass is 602 g/mol. The zero-order valence-corrected chi connectivity index (χ0v) is 26.1. The van der Waals surface area contributed by atoms with Gasteiger partial charge in [-0.2, -0.15) is 5.10 Å². The predicted octanol–water partition coefficient (Wildman–Crippen LogP) is 10.6. The van der Waals surface area contributed by atoms with Crippen molar-refractivity contribution in [2.45, 2.75) is 19.3 Å². The summed E-state index contributed by atoms with van der Waals surface area (Å²) < 4.78 is 4.41. The topological polar surface area (TPSA) is 35.1 Å². The van der Waals surface area contributed by atoms with Gasteiger partial charge in [0.15, 0.2) is 5.82 Å². The first-order valence-electron chi connectivity index (χ1n) is 16.2. The van der Waals surface area contributed by atoms with E-state index in [4.69, 9.17) is 10.1 Å². The molecule has 4 heteroatoms. The molecule has 0 spiro atoms. The maximum absolute atomic E-state index is 5.14. The van der Waals surface area contributed by atoms with Crippen LogP contribution in [0.25, 0.3) is 77.7 Å². The maximum atomic E-state index is 5.14. The van der Waals surface area contributed by atoms with E-state index in [-0.39, 0.29) is 5.41 Å². The molecule has 0 amide bonds. The summed E-state index contributed by atoms with van der Waals surface area (Å²) in [6.07, 6.45) is 0. The maximum Gasteiger partial charge on any atom is 0.161 e. The Balaban J connectivity index is 1.17. The highest BCUT2D eigenvalue weighted by Crippen LogP contribution is 2.51.